The maximum Gasteiger partial charge on any atom is 0.291 e. The Morgan fingerprint density at radius 2 is 2.10 bits per heavy atom. The average molecular weight is 332 g/mol. The largest absolute Gasteiger partial charge is 0.414 e. The molecule has 0 aromatic carbocycles. The molecule has 118 valence electrons. The second kappa shape index (κ2) is 6.18. The van der Waals surface area contributed by atoms with Crippen LogP contribution in [0.4, 0.5) is 0 Å². The SMILES string of the molecule is O=S1(=O)CC[C@@H](Cc2nn(C[NH+]3CCCCC3)c(=S)o2)C1. The Balaban J connectivity index is 1.62. The maximum absolute atomic E-state index is 11.5. The number of hydrogen-bond acceptors (Lipinski definition) is 5. The summed E-state index contributed by atoms with van der Waals surface area (Å²) in [6.07, 6.45) is 5.11. The number of sulfone groups is 1. The predicted molar refractivity (Wildman–Crippen MR) is 80.3 cm³/mol. The summed E-state index contributed by atoms with van der Waals surface area (Å²) in [5, 5.41) is 4.45. The Morgan fingerprint density at radius 1 is 1.33 bits per heavy atom. The zero-order valence-corrected chi connectivity index (χ0v) is 13.7. The molecule has 2 aliphatic rings. The van der Waals surface area contributed by atoms with Crippen LogP contribution < -0.4 is 4.90 Å². The van der Waals surface area contributed by atoms with Gasteiger partial charge in [0.05, 0.1) is 24.6 Å². The lowest BCUT2D eigenvalue weighted by Crippen LogP contribution is -3.12. The van der Waals surface area contributed by atoms with Gasteiger partial charge in [0.2, 0.25) is 5.89 Å². The van der Waals surface area contributed by atoms with E-state index in [-0.39, 0.29) is 17.4 Å². The van der Waals surface area contributed by atoms with E-state index in [4.69, 9.17) is 16.6 Å². The Kier molecular flexibility index (Phi) is 4.46. The van der Waals surface area contributed by atoms with E-state index in [1.54, 1.807) is 4.68 Å². The highest BCUT2D eigenvalue weighted by Crippen LogP contribution is 2.22. The molecular weight excluding hydrogens is 310 g/mol. The number of likely N-dealkylation sites (tertiary alicyclic amines) is 1. The van der Waals surface area contributed by atoms with Crippen LogP contribution in [-0.4, -0.2) is 42.8 Å². The molecule has 6 nitrogen and oxygen atoms in total. The average Bonchev–Trinajstić information content (AvgIpc) is 2.94. The minimum absolute atomic E-state index is 0.124. The van der Waals surface area contributed by atoms with Crippen molar-refractivity contribution in [2.75, 3.05) is 24.6 Å². The van der Waals surface area contributed by atoms with Gasteiger partial charge >= 0.3 is 0 Å². The number of nitrogens with one attached hydrogen (secondary N) is 1. The summed E-state index contributed by atoms with van der Waals surface area (Å²) in [5.41, 5.74) is 0. The second-order valence-corrected chi connectivity index (χ2v) is 8.78. The Hall–Kier alpha value is -0.730. The van der Waals surface area contributed by atoms with E-state index < -0.39 is 9.84 Å². The van der Waals surface area contributed by atoms with Crippen LogP contribution in [0.1, 0.15) is 31.6 Å². The first-order chi connectivity index (χ1) is 10.0. The molecule has 2 fully saturated rings. The summed E-state index contributed by atoms with van der Waals surface area (Å²) in [7, 11) is -2.85. The third kappa shape index (κ3) is 3.92. The van der Waals surface area contributed by atoms with Crippen molar-refractivity contribution in [1.29, 1.82) is 0 Å². The lowest BCUT2D eigenvalue weighted by molar-refractivity contribution is -0.928. The molecule has 2 aliphatic heterocycles. The van der Waals surface area contributed by atoms with E-state index in [2.05, 4.69) is 5.10 Å². The number of nitrogens with zero attached hydrogens (tertiary/aromatic N) is 2. The van der Waals surface area contributed by atoms with Gasteiger partial charge in [-0.05, 0) is 43.8 Å². The van der Waals surface area contributed by atoms with Crippen LogP contribution >= 0.6 is 12.2 Å². The van der Waals surface area contributed by atoms with Gasteiger partial charge in [-0.2, -0.15) is 4.68 Å². The van der Waals surface area contributed by atoms with Gasteiger partial charge in [0.15, 0.2) is 16.5 Å². The van der Waals surface area contributed by atoms with Gasteiger partial charge in [0, 0.05) is 6.42 Å². The molecule has 0 bridgehead atoms. The third-order valence-electron chi connectivity index (χ3n) is 4.37. The fourth-order valence-corrected chi connectivity index (χ4v) is 5.30. The topological polar surface area (TPSA) is 69.5 Å². The van der Waals surface area contributed by atoms with Crippen molar-refractivity contribution < 1.29 is 17.7 Å². The standard InChI is InChI=1S/C13H21N3O3S2/c17-21(18)7-4-11(9-21)8-12-14-16(13(20)19-12)10-15-5-2-1-3-6-15/h11H,1-10H2/p+1/t11-/m0/s1. The molecule has 21 heavy (non-hydrogen) atoms. The maximum atomic E-state index is 11.5. The van der Waals surface area contributed by atoms with E-state index in [0.29, 0.717) is 23.6 Å². The van der Waals surface area contributed by atoms with Crippen molar-refractivity contribution in [2.24, 2.45) is 5.92 Å². The molecule has 3 rings (SSSR count). The van der Waals surface area contributed by atoms with Gasteiger partial charge < -0.3 is 9.32 Å². The van der Waals surface area contributed by atoms with Crippen LogP contribution in [0.3, 0.4) is 0 Å². The molecule has 0 unspecified atom stereocenters. The number of quaternary nitrogens is 1. The molecule has 8 heteroatoms. The van der Waals surface area contributed by atoms with Gasteiger partial charge in [-0.15, -0.1) is 5.10 Å². The molecule has 0 spiro atoms. The first kappa shape index (κ1) is 15.2. The van der Waals surface area contributed by atoms with Crippen LogP contribution in [0.2, 0.25) is 0 Å². The first-order valence-electron chi connectivity index (χ1n) is 7.63. The molecule has 0 amide bonds. The Morgan fingerprint density at radius 3 is 2.76 bits per heavy atom. The normalized spacial score (nSPS) is 26.2. The van der Waals surface area contributed by atoms with Crippen molar-refractivity contribution >= 4 is 22.1 Å². The van der Waals surface area contributed by atoms with Crippen molar-refractivity contribution in [1.82, 2.24) is 9.78 Å². The molecule has 1 N–H and O–H groups in total. The van der Waals surface area contributed by atoms with E-state index in [1.807, 2.05) is 0 Å². The quantitative estimate of drug-likeness (QED) is 0.798. The van der Waals surface area contributed by atoms with E-state index in [1.165, 1.54) is 24.2 Å². The molecule has 1 aromatic heterocycles. The summed E-state index contributed by atoms with van der Waals surface area (Å²) in [5.74, 6) is 1.24. The van der Waals surface area contributed by atoms with Crippen molar-refractivity contribution in [3.8, 4) is 0 Å². The molecule has 0 radical (unpaired) electrons. The number of piperidine rings is 1. The van der Waals surface area contributed by atoms with E-state index >= 15 is 0 Å². The highest BCUT2D eigenvalue weighted by molar-refractivity contribution is 7.91. The first-order valence-corrected chi connectivity index (χ1v) is 9.86. The summed E-state index contributed by atoms with van der Waals surface area (Å²) in [4.78, 5) is 1.89. The van der Waals surface area contributed by atoms with Crippen molar-refractivity contribution in [3.63, 3.8) is 0 Å². The van der Waals surface area contributed by atoms with Crippen LogP contribution in [0.15, 0.2) is 4.42 Å². The molecule has 0 saturated carbocycles. The van der Waals surface area contributed by atoms with Gasteiger partial charge in [-0.1, -0.05) is 0 Å². The van der Waals surface area contributed by atoms with Crippen LogP contribution in [0, 0.1) is 10.8 Å². The minimum atomic E-state index is -2.85. The summed E-state index contributed by atoms with van der Waals surface area (Å²) < 4.78 is 30.3. The van der Waals surface area contributed by atoms with Crippen molar-refractivity contribution in [2.45, 2.75) is 38.8 Å². The molecule has 1 atom stereocenters. The van der Waals surface area contributed by atoms with Gasteiger partial charge in [-0.3, -0.25) is 0 Å². The van der Waals surface area contributed by atoms with Gasteiger partial charge in [-0.25, -0.2) is 8.42 Å². The minimum Gasteiger partial charge on any atom is -0.414 e. The van der Waals surface area contributed by atoms with Crippen LogP contribution in [0.25, 0.3) is 0 Å². The predicted octanol–water partition coefficient (Wildman–Crippen LogP) is 0.209. The lowest BCUT2D eigenvalue weighted by Gasteiger charge is -2.22. The summed E-state index contributed by atoms with van der Waals surface area (Å²) in [6, 6.07) is 0. The number of rotatable bonds is 4. The van der Waals surface area contributed by atoms with Crippen LogP contribution in [-0.2, 0) is 22.9 Å². The summed E-state index contributed by atoms with van der Waals surface area (Å²) >= 11 is 5.23. The molecule has 1 aromatic rings. The third-order valence-corrected chi connectivity index (χ3v) is 6.50. The second-order valence-electron chi connectivity index (χ2n) is 6.20. The lowest BCUT2D eigenvalue weighted by atomic mass is 10.1. The van der Waals surface area contributed by atoms with E-state index in [0.717, 1.165) is 19.8 Å². The number of hydrogen-bond donors (Lipinski definition) is 1. The van der Waals surface area contributed by atoms with Crippen molar-refractivity contribution in [3.05, 3.63) is 10.7 Å². The van der Waals surface area contributed by atoms with Crippen LogP contribution in [0.5, 0.6) is 0 Å². The smallest absolute Gasteiger partial charge is 0.291 e. The molecule has 0 aliphatic carbocycles. The Labute approximate surface area is 130 Å². The fourth-order valence-electron chi connectivity index (χ4n) is 3.23. The molecule has 3 heterocycles. The summed E-state index contributed by atoms with van der Waals surface area (Å²) in [6.45, 7) is 3.07. The fraction of sp³-hybridized carbons (Fsp3) is 0.846. The zero-order valence-electron chi connectivity index (χ0n) is 12.1. The molecule has 2 saturated heterocycles. The Bertz CT molecular complexity index is 644. The highest BCUT2D eigenvalue weighted by Gasteiger charge is 2.29. The number of aromatic nitrogens is 2. The molecular formula is C13H22N3O3S2+. The van der Waals surface area contributed by atoms with Gasteiger partial charge in [0.25, 0.3) is 4.84 Å². The monoisotopic (exact) mass is 332 g/mol. The van der Waals surface area contributed by atoms with Gasteiger partial charge in [0.1, 0.15) is 0 Å². The zero-order chi connectivity index (χ0) is 14.9. The highest BCUT2D eigenvalue weighted by atomic mass is 32.2. The van der Waals surface area contributed by atoms with E-state index in [9.17, 15) is 8.42 Å².